The summed E-state index contributed by atoms with van der Waals surface area (Å²) in [6, 6.07) is 16.8. The largest absolute Gasteiger partial charge is 0.497 e. The Labute approximate surface area is 149 Å². The van der Waals surface area contributed by atoms with Gasteiger partial charge < -0.3 is 4.74 Å². The Morgan fingerprint density at radius 3 is 2.32 bits per heavy atom. The van der Waals surface area contributed by atoms with Crippen molar-refractivity contribution in [2.24, 2.45) is 0 Å². The fourth-order valence-corrected chi connectivity index (χ4v) is 2.88. The number of benzene rings is 2. The first kappa shape index (κ1) is 17.1. The van der Waals surface area contributed by atoms with E-state index in [-0.39, 0.29) is 17.4 Å². The lowest BCUT2D eigenvalue weighted by molar-refractivity contribution is 0.102. The van der Waals surface area contributed by atoms with Crippen molar-refractivity contribution in [1.82, 2.24) is 10.2 Å². The fraction of sp³-hybridized carbons (Fsp3) is 0.105. The van der Waals surface area contributed by atoms with Crippen LogP contribution in [0.4, 0.5) is 4.39 Å². The van der Waals surface area contributed by atoms with Crippen molar-refractivity contribution in [1.29, 1.82) is 0 Å². The number of methoxy groups -OCH3 is 1. The molecule has 0 aliphatic carbocycles. The van der Waals surface area contributed by atoms with Gasteiger partial charge in [0.1, 0.15) is 16.6 Å². The zero-order valence-electron chi connectivity index (χ0n) is 13.5. The molecular weight excluding hydrogens is 339 g/mol. The fourth-order valence-electron chi connectivity index (χ4n) is 2.17. The molecule has 0 unspecified atom stereocenters. The molecule has 2 aromatic carbocycles. The average molecular weight is 354 g/mol. The number of ketones is 1. The van der Waals surface area contributed by atoms with Gasteiger partial charge >= 0.3 is 0 Å². The number of ether oxygens (including phenoxy) is 1. The highest BCUT2D eigenvalue weighted by Crippen LogP contribution is 2.22. The average Bonchev–Trinajstić information content (AvgIpc) is 2.67. The summed E-state index contributed by atoms with van der Waals surface area (Å²) < 4.78 is 18.0. The molecule has 3 rings (SSSR count). The van der Waals surface area contributed by atoms with Gasteiger partial charge in [-0.05, 0) is 60.7 Å². The predicted octanol–water partition coefficient (Wildman–Crippen LogP) is 4.27. The Kier molecular flexibility index (Phi) is 5.40. The van der Waals surface area contributed by atoms with Crippen LogP contribution in [0.25, 0.3) is 11.3 Å². The van der Waals surface area contributed by atoms with Crippen molar-refractivity contribution in [3.8, 4) is 17.0 Å². The highest BCUT2D eigenvalue weighted by molar-refractivity contribution is 7.99. The van der Waals surface area contributed by atoms with Gasteiger partial charge in [-0.2, -0.15) is 0 Å². The van der Waals surface area contributed by atoms with Gasteiger partial charge in [0.15, 0.2) is 5.78 Å². The number of Topliss-reactive ketones (excluding diaryl/α,β-unsaturated/α-hetero) is 1. The lowest BCUT2D eigenvalue weighted by Gasteiger charge is -2.04. The van der Waals surface area contributed by atoms with Crippen molar-refractivity contribution >= 4 is 17.5 Å². The molecule has 0 N–H and O–H groups in total. The zero-order chi connectivity index (χ0) is 17.6. The standard InChI is InChI=1S/C19H15FN2O2S/c1-24-16-8-4-13(5-9-16)17-10-11-19(22-21-17)25-12-18(23)14-2-6-15(20)7-3-14/h2-11H,12H2,1H3. The Morgan fingerprint density at radius 2 is 1.72 bits per heavy atom. The lowest BCUT2D eigenvalue weighted by atomic mass is 10.1. The number of hydrogen-bond acceptors (Lipinski definition) is 5. The van der Waals surface area contributed by atoms with E-state index in [4.69, 9.17) is 4.74 Å². The molecule has 0 amide bonds. The Balaban J connectivity index is 1.62. The summed E-state index contributed by atoms with van der Waals surface area (Å²) in [6.45, 7) is 0. The van der Waals surface area contributed by atoms with Gasteiger partial charge in [0.25, 0.3) is 0 Å². The number of carbonyl (C=O) groups is 1. The third-order valence-electron chi connectivity index (χ3n) is 3.54. The molecule has 126 valence electrons. The number of rotatable bonds is 6. The molecule has 0 fully saturated rings. The van der Waals surface area contributed by atoms with Crippen molar-refractivity contribution in [3.05, 3.63) is 72.0 Å². The van der Waals surface area contributed by atoms with Crippen LogP contribution in [-0.2, 0) is 0 Å². The summed E-state index contributed by atoms with van der Waals surface area (Å²) in [6.07, 6.45) is 0. The summed E-state index contributed by atoms with van der Waals surface area (Å²) in [5.74, 6) is 0.570. The van der Waals surface area contributed by atoms with Gasteiger partial charge in [-0.25, -0.2) is 4.39 Å². The van der Waals surface area contributed by atoms with Crippen LogP contribution in [0.15, 0.2) is 65.7 Å². The lowest BCUT2D eigenvalue weighted by Crippen LogP contribution is -2.02. The molecule has 0 spiro atoms. The summed E-state index contributed by atoms with van der Waals surface area (Å²) in [7, 11) is 1.62. The van der Waals surface area contributed by atoms with Crippen LogP contribution in [0.2, 0.25) is 0 Å². The van der Waals surface area contributed by atoms with E-state index >= 15 is 0 Å². The quantitative estimate of drug-likeness (QED) is 0.489. The SMILES string of the molecule is COc1ccc(-c2ccc(SCC(=O)c3ccc(F)cc3)nn2)cc1. The maximum absolute atomic E-state index is 12.9. The van der Waals surface area contributed by atoms with Crippen LogP contribution >= 0.6 is 11.8 Å². The molecule has 3 aromatic rings. The van der Waals surface area contributed by atoms with Gasteiger partial charge in [-0.1, -0.05) is 11.8 Å². The molecule has 0 atom stereocenters. The first-order valence-electron chi connectivity index (χ1n) is 7.55. The molecule has 0 saturated carbocycles. The molecule has 6 heteroatoms. The van der Waals surface area contributed by atoms with Crippen LogP contribution < -0.4 is 4.74 Å². The maximum atomic E-state index is 12.9. The number of nitrogens with zero attached hydrogens (tertiary/aromatic N) is 2. The van der Waals surface area contributed by atoms with E-state index in [1.165, 1.54) is 36.0 Å². The van der Waals surface area contributed by atoms with E-state index in [1.54, 1.807) is 7.11 Å². The maximum Gasteiger partial charge on any atom is 0.173 e. The number of hydrogen-bond donors (Lipinski definition) is 0. The Bertz CT molecular complexity index is 850. The summed E-state index contributed by atoms with van der Waals surface area (Å²) >= 11 is 1.30. The number of halogens is 1. The number of carbonyl (C=O) groups excluding carboxylic acids is 1. The van der Waals surface area contributed by atoms with Crippen LogP contribution in [0, 0.1) is 5.82 Å². The number of thioether (sulfide) groups is 1. The monoisotopic (exact) mass is 354 g/mol. The zero-order valence-corrected chi connectivity index (χ0v) is 14.3. The minimum atomic E-state index is -0.357. The van der Waals surface area contributed by atoms with E-state index in [9.17, 15) is 9.18 Å². The second-order valence-corrected chi connectivity index (χ2v) is 6.20. The first-order valence-corrected chi connectivity index (χ1v) is 8.54. The van der Waals surface area contributed by atoms with Crippen LogP contribution in [0.3, 0.4) is 0 Å². The molecule has 0 aliphatic rings. The van der Waals surface area contributed by atoms with Gasteiger partial charge in [0.05, 0.1) is 18.6 Å². The van der Waals surface area contributed by atoms with Crippen molar-refractivity contribution in [2.75, 3.05) is 12.9 Å². The predicted molar refractivity (Wildman–Crippen MR) is 95.5 cm³/mol. The second-order valence-electron chi connectivity index (χ2n) is 5.20. The van der Waals surface area contributed by atoms with Crippen molar-refractivity contribution in [2.45, 2.75) is 5.03 Å². The third-order valence-corrected chi connectivity index (χ3v) is 4.46. The van der Waals surface area contributed by atoms with Crippen LogP contribution in [-0.4, -0.2) is 28.8 Å². The summed E-state index contributed by atoms with van der Waals surface area (Å²) in [5, 5.41) is 9.00. The summed E-state index contributed by atoms with van der Waals surface area (Å²) in [4.78, 5) is 12.1. The first-order chi connectivity index (χ1) is 12.2. The third kappa shape index (κ3) is 4.42. The molecule has 25 heavy (non-hydrogen) atoms. The van der Waals surface area contributed by atoms with E-state index in [0.29, 0.717) is 10.6 Å². The molecule has 0 saturated heterocycles. The van der Waals surface area contributed by atoms with E-state index in [2.05, 4.69) is 10.2 Å². The Hall–Kier alpha value is -2.73. The topological polar surface area (TPSA) is 52.1 Å². The highest BCUT2D eigenvalue weighted by Gasteiger charge is 2.08. The minimum Gasteiger partial charge on any atom is -0.497 e. The Morgan fingerprint density at radius 1 is 1.00 bits per heavy atom. The second kappa shape index (κ2) is 7.90. The van der Waals surface area contributed by atoms with Gasteiger partial charge in [-0.15, -0.1) is 10.2 Å². The highest BCUT2D eigenvalue weighted by atomic mass is 32.2. The molecule has 0 bridgehead atoms. The van der Waals surface area contributed by atoms with E-state index in [1.807, 2.05) is 36.4 Å². The molecule has 1 aromatic heterocycles. The summed E-state index contributed by atoms with van der Waals surface area (Å²) in [5.41, 5.74) is 2.17. The molecule has 0 radical (unpaired) electrons. The molecule has 0 aliphatic heterocycles. The molecule has 1 heterocycles. The molecule has 4 nitrogen and oxygen atoms in total. The van der Waals surface area contributed by atoms with E-state index < -0.39 is 0 Å². The smallest absolute Gasteiger partial charge is 0.173 e. The van der Waals surface area contributed by atoms with Crippen LogP contribution in [0.5, 0.6) is 5.75 Å². The minimum absolute atomic E-state index is 0.0777. The molecular formula is C19H15FN2O2S. The van der Waals surface area contributed by atoms with Crippen molar-refractivity contribution < 1.29 is 13.9 Å². The van der Waals surface area contributed by atoms with Gasteiger partial charge in [-0.3, -0.25) is 4.79 Å². The van der Waals surface area contributed by atoms with Gasteiger partial charge in [0.2, 0.25) is 0 Å². The van der Waals surface area contributed by atoms with Gasteiger partial charge in [0, 0.05) is 11.1 Å². The van der Waals surface area contributed by atoms with E-state index in [0.717, 1.165) is 17.0 Å². The normalized spacial score (nSPS) is 10.5. The van der Waals surface area contributed by atoms with Crippen molar-refractivity contribution in [3.63, 3.8) is 0 Å². The number of aromatic nitrogens is 2. The van der Waals surface area contributed by atoms with Crippen LogP contribution in [0.1, 0.15) is 10.4 Å².